The first-order valence-corrected chi connectivity index (χ1v) is 5.55. The standard InChI is InChI=1S/C13H16F2O2/c1-9(2)12(16)7-6-10-4-3-5-11(8-10)17-13(14)15/h3-5,8-9,13H,6-7H2,1-2H3. The maximum atomic E-state index is 12.0. The predicted octanol–water partition coefficient (Wildman–Crippen LogP) is 3.45. The fraction of sp³-hybridized carbons (Fsp3) is 0.462. The molecule has 0 aromatic heterocycles. The van der Waals surface area contributed by atoms with Gasteiger partial charge in [0.25, 0.3) is 0 Å². The summed E-state index contributed by atoms with van der Waals surface area (Å²) in [5, 5.41) is 0. The van der Waals surface area contributed by atoms with E-state index in [1.54, 1.807) is 18.2 Å². The third-order valence-electron chi connectivity index (χ3n) is 2.43. The van der Waals surface area contributed by atoms with Crippen molar-refractivity contribution in [2.75, 3.05) is 0 Å². The number of aryl methyl sites for hydroxylation is 1. The van der Waals surface area contributed by atoms with Crippen molar-refractivity contribution in [2.24, 2.45) is 5.92 Å². The summed E-state index contributed by atoms with van der Waals surface area (Å²) in [6.07, 6.45) is 0.979. The van der Waals surface area contributed by atoms with Crippen LogP contribution in [0.1, 0.15) is 25.8 Å². The molecule has 0 aliphatic heterocycles. The molecule has 0 radical (unpaired) electrons. The van der Waals surface area contributed by atoms with Gasteiger partial charge in [0.1, 0.15) is 11.5 Å². The Kier molecular flexibility index (Phi) is 5.07. The second-order valence-corrected chi connectivity index (χ2v) is 4.15. The number of halogens is 2. The molecule has 0 saturated heterocycles. The molecular formula is C13H16F2O2. The average Bonchev–Trinajstić information content (AvgIpc) is 2.25. The van der Waals surface area contributed by atoms with Gasteiger partial charge in [-0.05, 0) is 24.1 Å². The van der Waals surface area contributed by atoms with E-state index in [0.717, 1.165) is 5.56 Å². The first-order valence-electron chi connectivity index (χ1n) is 5.55. The molecule has 1 aromatic rings. The maximum Gasteiger partial charge on any atom is 0.387 e. The number of benzene rings is 1. The lowest BCUT2D eigenvalue weighted by atomic mass is 10.0. The molecule has 0 spiro atoms. The molecule has 4 heteroatoms. The SMILES string of the molecule is CC(C)C(=O)CCc1cccc(OC(F)F)c1. The Bertz CT molecular complexity index is 375. The quantitative estimate of drug-likeness (QED) is 0.763. The Morgan fingerprint density at radius 1 is 1.35 bits per heavy atom. The summed E-state index contributed by atoms with van der Waals surface area (Å²) in [4.78, 5) is 11.4. The van der Waals surface area contributed by atoms with E-state index in [4.69, 9.17) is 0 Å². The van der Waals surface area contributed by atoms with Crippen LogP contribution in [0.15, 0.2) is 24.3 Å². The minimum Gasteiger partial charge on any atom is -0.435 e. The largest absolute Gasteiger partial charge is 0.435 e. The number of ketones is 1. The molecule has 0 N–H and O–H groups in total. The highest BCUT2D eigenvalue weighted by atomic mass is 19.3. The molecule has 0 bridgehead atoms. The number of alkyl halides is 2. The fourth-order valence-corrected chi connectivity index (χ4v) is 1.43. The number of carbonyl (C=O) groups excluding carboxylic acids is 1. The fourth-order valence-electron chi connectivity index (χ4n) is 1.43. The minimum absolute atomic E-state index is 0.00972. The Morgan fingerprint density at radius 2 is 2.06 bits per heavy atom. The van der Waals surface area contributed by atoms with Crippen LogP contribution in [0.5, 0.6) is 5.75 Å². The highest BCUT2D eigenvalue weighted by molar-refractivity contribution is 5.80. The molecule has 0 atom stereocenters. The molecule has 0 saturated carbocycles. The normalized spacial score (nSPS) is 10.9. The van der Waals surface area contributed by atoms with Gasteiger partial charge in [0, 0.05) is 12.3 Å². The monoisotopic (exact) mass is 242 g/mol. The van der Waals surface area contributed by atoms with Crippen molar-refractivity contribution in [3.05, 3.63) is 29.8 Å². The number of rotatable bonds is 6. The minimum atomic E-state index is -2.82. The van der Waals surface area contributed by atoms with E-state index in [1.807, 2.05) is 13.8 Å². The molecule has 0 aliphatic rings. The predicted molar refractivity (Wildman–Crippen MR) is 61.2 cm³/mol. The van der Waals surface area contributed by atoms with Crippen LogP contribution in [0.2, 0.25) is 0 Å². The third kappa shape index (κ3) is 4.93. The van der Waals surface area contributed by atoms with Crippen LogP contribution in [-0.2, 0) is 11.2 Å². The number of hydrogen-bond acceptors (Lipinski definition) is 2. The summed E-state index contributed by atoms with van der Waals surface area (Å²) >= 11 is 0. The lowest BCUT2D eigenvalue weighted by molar-refractivity contribution is -0.121. The van der Waals surface area contributed by atoms with Crippen molar-refractivity contribution in [1.82, 2.24) is 0 Å². The van der Waals surface area contributed by atoms with E-state index in [0.29, 0.717) is 12.8 Å². The Balaban J connectivity index is 2.57. The molecule has 2 nitrogen and oxygen atoms in total. The van der Waals surface area contributed by atoms with Crippen LogP contribution in [-0.4, -0.2) is 12.4 Å². The first-order chi connectivity index (χ1) is 7.99. The molecule has 0 fully saturated rings. The van der Waals surface area contributed by atoms with Gasteiger partial charge in [-0.25, -0.2) is 0 Å². The molecule has 0 heterocycles. The van der Waals surface area contributed by atoms with Crippen molar-refractivity contribution in [2.45, 2.75) is 33.3 Å². The van der Waals surface area contributed by atoms with Crippen LogP contribution in [0.4, 0.5) is 8.78 Å². The van der Waals surface area contributed by atoms with Crippen molar-refractivity contribution in [3.63, 3.8) is 0 Å². The van der Waals surface area contributed by atoms with E-state index in [-0.39, 0.29) is 17.5 Å². The smallest absolute Gasteiger partial charge is 0.387 e. The van der Waals surface area contributed by atoms with Crippen LogP contribution in [0.25, 0.3) is 0 Å². The van der Waals surface area contributed by atoms with E-state index >= 15 is 0 Å². The molecule has 0 amide bonds. The zero-order valence-corrected chi connectivity index (χ0v) is 9.95. The zero-order valence-electron chi connectivity index (χ0n) is 9.95. The van der Waals surface area contributed by atoms with Gasteiger partial charge in [0.05, 0.1) is 0 Å². The molecule has 1 aromatic carbocycles. The second-order valence-electron chi connectivity index (χ2n) is 4.15. The van der Waals surface area contributed by atoms with Crippen molar-refractivity contribution < 1.29 is 18.3 Å². The van der Waals surface area contributed by atoms with Gasteiger partial charge in [-0.2, -0.15) is 8.78 Å². The van der Waals surface area contributed by atoms with E-state index < -0.39 is 6.61 Å². The maximum absolute atomic E-state index is 12.0. The summed E-state index contributed by atoms with van der Waals surface area (Å²) in [6.45, 7) is 0.875. The number of Topliss-reactive ketones (excluding diaryl/α,β-unsaturated/α-hetero) is 1. The van der Waals surface area contributed by atoms with Crippen molar-refractivity contribution in [3.8, 4) is 5.75 Å². The van der Waals surface area contributed by atoms with Crippen molar-refractivity contribution >= 4 is 5.78 Å². The molecule has 17 heavy (non-hydrogen) atoms. The molecule has 0 aliphatic carbocycles. The summed E-state index contributed by atoms with van der Waals surface area (Å²) in [7, 11) is 0. The molecule has 1 rings (SSSR count). The van der Waals surface area contributed by atoms with Crippen LogP contribution >= 0.6 is 0 Å². The van der Waals surface area contributed by atoms with Gasteiger partial charge in [-0.1, -0.05) is 26.0 Å². The summed E-state index contributed by atoms with van der Waals surface area (Å²) in [5.41, 5.74) is 0.831. The zero-order chi connectivity index (χ0) is 12.8. The van der Waals surface area contributed by atoms with Gasteiger partial charge >= 0.3 is 6.61 Å². The van der Waals surface area contributed by atoms with Crippen molar-refractivity contribution in [1.29, 1.82) is 0 Å². The Hall–Kier alpha value is -1.45. The number of carbonyl (C=O) groups is 1. The second kappa shape index (κ2) is 6.33. The number of ether oxygens (including phenoxy) is 1. The highest BCUT2D eigenvalue weighted by Crippen LogP contribution is 2.17. The van der Waals surface area contributed by atoms with Gasteiger partial charge in [0.15, 0.2) is 0 Å². The summed E-state index contributed by atoms with van der Waals surface area (Å²) < 4.78 is 28.3. The first kappa shape index (κ1) is 13.6. The van der Waals surface area contributed by atoms with E-state index in [2.05, 4.69) is 4.74 Å². The molecule has 94 valence electrons. The van der Waals surface area contributed by atoms with Gasteiger partial charge in [-0.15, -0.1) is 0 Å². The topological polar surface area (TPSA) is 26.3 Å². The Labute approximate surface area is 99.6 Å². The lowest BCUT2D eigenvalue weighted by Gasteiger charge is -2.07. The average molecular weight is 242 g/mol. The molecule has 0 unspecified atom stereocenters. The van der Waals surface area contributed by atoms with Gasteiger partial charge < -0.3 is 4.74 Å². The van der Waals surface area contributed by atoms with Gasteiger partial charge in [0.2, 0.25) is 0 Å². The van der Waals surface area contributed by atoms with Crippen LogP contribution < -0.4 is 4.74 Å². The van der Waals surface area contributed by atoms with Crippen LogP contribution in [0.3, 0.4) is 0 Å². The Morgan fingerprint density at radius 3 is 2.65 bits per heavy atom. The summed E-state index contributed by atoms with van der Waals surface area (Å²) in [5.74, 6) is 0.315. The van der Waals surface area contributed by atoms with E-state index in [1.165, 1.54) is 6.07 Å². The van der Waals surface area contributed by atoms with Crippen LogP contribution in [0, 0.1) is 5.92 Å². The lowest BCUT2D eigenvalue weighted by Crippen LogP contribution is -2.08. The van der Waals surface area contributed by atoms with E-state index in [9.17, 15) is 13.6 Å². The molecular weight excluding hydrogens is 226 g/mol. The highest BCUT2D eigenvalue weighted by Gasteiger charge is 2.08. The summed E-state index contributed by atoms with van der Waals surface area (Å²) in [6, 6.07) is 6.46. The van der Waals surface area contributed by atoms with Gasteiger partial charge in [-0.3, -0.25) is 4.79 Å². The number of hydrogen-bond donors (Lipinski definition) is 0. The third-order valence-corrected chi connectivity index (χ3v) is 2.43.